The molecule has 0 aliphatic heterocycles. The number of carbonyl (C=O) groups is 1. The van der Waals surface area contributed by atoms with Crippen LogP contribution in [0.2, 0.25) is 0 Å². The normalized spacial score (nSPS) is 10.2. The van der Waals surface area contributed by atoms with Gasteiger partial charge in [-0.2, -0.15) is 0 Å². The van der Waals surface area contributed by atoms with E-state index in [4.69, 9.17) is 4.74 Å². The molecule has 3 aromatic carbocycles. The minimum atomic E-state index is -0.126. The number of amides is 1. The van der Waals surface area contributed by atoms with E-state index >= 15 is 0 Å². The van der Waals surface area contributed by atoms with Gasteiger partial charge in [-0.15, -0.1) is 0 Å². The molecule has 0 saturated heterocycles. The van der Waals surface area contributed by atoms with E-state index in [1.54, 1.807) is 24.3 Å². The number of nitrogens with one attached hydrogen (secondary N) is 1. The van der Waals surface area contributed by atoms with Gasteiger partial charge in [0.15, 0.2) is 0 Å². The third-order valence-corrected chi connectivity index (χ3v) is 3.82. The van der Waals surface area contributed by atoms with Gasteiger partial charge in [-0.05, 0) is 61.4 Å². The van der Waals surface area contributed by atoms with Crippen LogP contribution in [0, 0.1) is 13.8 Å². The van der Waals surface area contributed by atoms with Gasteiger partial charge in [0.25, 0.3) is 5.91 Å². The summed E-state index contributed by atoms with van der Waals surface area (Å²) in [6.07, 6.45) is 0. The van der Waals surface area contributed by atoms with Crippen LogP contribution < -0.4 is 10.1 Å². The summed E-state index contributed by atoms with van der Waals surface area (Å²) in [5.74, 6) is 1.34. The molecule has 3 nitrogen and oxygen atoms in total. The van der Waals surface area contributed by atoms with Crippen LogP contribution in [0.1, 0.15) is 21.5 Å². The van der Waals surface area contributed by atoms with Crippen LogP contribution in [0.5, 0.6) is 11.5 Å². The van der Waals surface area contributed by atoms with E-state index in [0.29, 0.717) is 11.3 Å². The van der Waals surface area contributed by atoms with Crippen LogP contribution in [-0.2, 0) is 0 Å². The van der Waals surface area contributed by atoms with Crippen LogP contribution in [0.3, 0.4) is 0 Å². The third-order valence-electron chi connectivity index (χ3n) is 3.82. The minimum absolute atomic E-state index is 0.126. The van der Waals surface area contributed by atoms with Crippen molar-refractivity contribution in [3.05, 3.63) is 89.5 Å². The fraction of sp³-hybridized carbons (Fsp3) is 0.0952. The average Bonchev–Trinajstić information content (AvgIpc) is 2.60. The Hall–Kier alpha value is -3.07. The Balaban J connectivity index is 1.72. The zero-order valence-electron chi connectivity index (χ0n) is 13.7. The van der Waals surface area contributed by atoms with Crippen molar-refractivity contribution in [3.63, 3.8) is 0 Å². The number of anilines is 1. The van der Waals surface area contributed by atoms with Crippen molar-refractivity contribution in [2.75, 3.05) is 5.32 Å². The monoisotopic (exact) mass is 317 g/mol. The molecule has 120 valence electrons. The second kappa shape index (κ2) is 7.01. The molecule has 1 N–H and O–H groups in total. The van der Waals surface area contributed by atoms with Crippen LogP contribution in [0.25, 0.3) is 0 Å². The van der Waals surface area contributed by atoms with Crippen LogP contribution in [0.4, 0.5) is 5.69 Å². The van der Waals surface area contributed by atoms with Crippen LogP contribution >= 0.6 is 0 Å². The SMILES string of the molecule is Cc1cccc(C)c1NC(=O)c1ccc(Oc2ccccc2)cc1. The summed E-state index contributed by atoms with van der Waals surface area (Å²) < 4.78 is 5.74. The van der Waals surface area contributed by atoms with E-state index in [2.05, 4.69) is 5.32 Å². The topological polar surface area (TPSA) is 38.3 Å². The summed E-state index contributed by atoms with van der Waals surface area (Å²) in [6, 6.07) is 22.6. The Labute approximate surface area is 141 Å². The Kier molecular flexibility index (Phi) is 4.62. The first-order valence-corrected chi connectivity index (χ1v) is 7.84. The van der Waals surface area contributed by atoms with E-state index in [0.717, 1.165) is 22.6 Å². The predicted molar refractivity (Wildman–Crippen MR) is 96.8 cm³/mol. The number of para-hydroxylation sites is 2. The van der Waals surface area contributed by atoms with Crippen molar-refractivity contribution < 1.29 is 9.53 Å². The molecule has 3 aromatic rings. The maximum atomic E-state index is 12.4. The first-order chi connectivity index (χ1) is 11.6. The van der Waals surface area contributed by atoms with Gasteiger partial charge >= 0.3 is 0 Å². The van der Waals surface area contributed by atoms with Crippen molar-refractivity contribution in [3.8, 4) is 11.5 Å². The number of hydrogen-bond acceptors (Lipinski definition) is 2. The lowest BCUT2D eigenvalue weighted by Gasteiger charge is -2.12. The fourth-order valence-corrected chi connectivity index (χ4v) is 2.50. The molecule has 0 heterocycles. The molecule has 1 amide bonds. The number of hydrogen-bond donors (Lipinski definition) is 1. The molecule has 24 heavy (non-hydrogen) atoms. The van der Waals surface area contributed by atoms with Gasteiger partial charge in [-0.3, -0.25) is 4.79 Å². The molecule has 0 radical (unpaired) electrons. The first kappa shape index (κ1) is 15.8. The van der Waals surface area contributed by atoms with Crippen molar-refractivity contribution in [2.24, 2.45) is 0 Å². The molecule has 0 bridgehead atoms. The maximum absolute atomic E-state index is 12.4. The predicted octanol–water partition coefficient (Wildman–Crippen LogP) is 5.35. The summed E-state index contributed by atoms with van der Waals surface area (Å²) in [5.41, 5.74) is 3.56. The summed E-state index contributed by atoms with van der Waals surface area (Å²) in [4.78, 5) is 12.4. The molecular weight excluding hydrogens is 298 g/mol. The van der Waals surface area contributed by atoms with E-state index in [1.165, 1.54) is 0 Å². The molecular formula is C21H19NO2. The van der Waals surface area contributed by atoms with E-state index in [1.807, 2.05) is 62.4 Å². The van der Waals surface area contributed by atoms with Crippen LogP contribution in [-0.4, -0.2) is 5.91 Å². The van der Waals surface area contributed by atoms with Crippen molar-refractivity contribution in [1.29, 1.82) is 0 Å². The summed E-state index contributed by atoms with van der Waals surface area (Å²) in [5, 5.41) is 2.98. The number of benzene rings is 3. The summed E-state index contributed by atoms with van der Waals surface area (Å²) in [7, 11) is 0. The fourth-order valence-electron chi connectivity index (χ4n) is 2.50. The highest BCUT2D eigenvalue weighted by atomic mass is 16.5. The molecule has 0 unspecified atom stereocenters. The maximum Gasteiger partial charge on any atom is 0.255 e. The highest BCUT2D eigenvalue weighted by molar-refractivity contribution is 6.05. The quantitative estimate of drug-likeness (QED) is 0.704. The number of ether oxygens (including phenoxy) is 1. The molecule has 0 saturated carbocycles. The largest absolute Gasteiger partial charge is 0.457 e. The average molecular weight is 317 g/mol. The molecule has 0 fully saturated rings. The number of carbonyl (C=O) groups excluding carboxylic acids is 1. The van der Waals surface area contributed by atoms with Crippen molar-refractivity contribution >= 4 is 11.6 Å². The van der Waals surface area contributed by atoms with Gasteiger partial charge < -0.3 is 10.1 Å². The zero-order valence-corrected chi connectivity index (χ0v) is 13.7. The third kappa shape index (κ3) is 3.63. The molecule has 0 spiro atoms. The highest BCUT2D eigenvalue weighted by Crippen LogP contribution is 2.23. The van der Waals surface area contributed by atoms with E-state index in [-0.39, 0.29) is 5.91 Å². The second-order valence-electron chi connectivity index (χ2n) is 5.66. The van der Waals surface area contributed by atoms with Crippen molar-refractivity contribution in [2.45, 2.75) is 13.8 Å². The molecule has 3 rings (SSSR count). The minimum Gasteiger partial charge on any atom is -0.457 e. The second-order valence-corrected chi connectivity index (χ2v) is 5.66. The lowest BCUT2D eigenvalue weighted by molar-refractivity contribution is 0.102. The number of aryl methyl sites for hydroxylation is 2. The highest BCUT2D eigenvalue weighted by Gasteiger charge is 2.09. The summed E-state index contributed by atoms with van der Waals surface area (Å²) >= 11 is 0. The van der Waals surface area contributed by atoms with E-state index in [9.17, 15) is 4.79 Å². The van der Waals surface area contributed by atoms with Gasteiger partial charge in [0.05, 0.1) is 0 Å². The number of rotatable bonds is 4. The lowest BCUT2D eigenvalue weighted by atomic mass is 10.1. The van der Waals surface area contributed by atoms with Gasteiger partial charge in [-0.1, -0.05) is 36.4 Å². The van der Waals surface area contributed by atoms with Gasteiger partial charge in [0.2, 0.25) is 0 Å². The molecule has 0 aliphatic carbocycles. The Morgan fingerprint density at radius 1 is 0.750 bits per heavy atom. The van der Waals surface area contributed by atoms with Gasteiger partial charge in [-0.25, -0.2) is 0 Å². The van der Waals surface area contributed by atoms with E-state index < -0.39 is 0 Å². The molecule has 0 aromatic heterocycles. The molecule has 0 aliphatic rings. The lowest BCUT2D eigenvalue weighted by Crippen LogP contribution is -2.13. The van der Waals surface area contributed by atoms with Gasteiger partial charge in [0.1, 0.15) is 11.5 Å². The zero-order chi connectivity index (χ0) is 16.9. The Bertz CT molecular complexity index is 819. The molecule has 3 heteroatoms. The standard InChI is InChI=1S/C21H19NO2/c1-15-7-6-8-16(2)20(15)22-21(23)17-11-13-19(14-12-17)24-18-9-4-3-5-10-18/h3-14H,1-2H3,(H,22,23). The van der Waals surface area contributed by atoms with Crippen molar-refractivity contribution in [1.82, 2.24) is 0 Å². The summed E-state index contributed by atoms with van der Waals surface area (Å²) in [6.45, 7) is 3.97. The molecule has 0 atom stereocenters. The first-order valence-electron chi connectivity index (χ1n) is 7.84. The smallest absolute Gasteiger partial charge is 0.255 e. The van der Waals surface area contributed by atoms with Gasteiger partial charge in [0, 0.05) is 11.3 Å². The Morgan fingerprint density at radius 3 is 1.96 bits per heavy atom. The van der Waals surface area contributed by atoms with Crippen LogP contribution in [0.15, 0.2) is 72.8 Å². The Morgan fingerprint density at radius 2 is 1.33 bits per heavy atom.